The average molecular weight is 406 g/mol. The molecular formula is C21H31N3O3S. The van der Waals surface area contributed by atoms with E-state index in [0.717, 1.165) is 37.9 Å². The molecule has 3 rings (SSSR count). The number of amides is 1. The molecule has 0 aliphatic carbocycles. The second kappa shape index (κ2) is 8.33. The number of aliphatic hydroxyl groups is 1. The quantitative estimate of drug-likeness (QED) is 0.771. The number of carbonyl (C=O) groups is 1. The molecule has 0 spiro atoms. The predicted molar refractivity (Wildman–Crippen MR) is 113 cm³/mol. The molecule has 154 valence electrons. The normalized spacial score (nSPS) is 16.6. The van der Waals surface area contributed by atoms with Gasteiger partial charge in [0.15, 0.2) is 0 Å². The Morgan fingerprint density at radius 3 is 2.82 bits per heavy atom. The second-order valence-electron chi connectivity index (χ2n) is 8.64. The molecule has 6 nitrogen and oxygen atoms in total. The molecule has 2 aromatic heterocycles. The topological polar surface area (TPSA) is 84.2 Å². The van der Waals surface area contributed by atoms with E-state index in [2.05, 4.69) is 19.2 Å². The summed E-state index contributed by atoms with van der Waals surface area (Å²) in [5.41, 5.74) is -0.283. The van der Waals surface area contributed by atoms with E-state index in [1.165, 1.54) is 11.3 Å². The molecule has 7 heteroatoms. The molecule has 1 aliphatic rings. The van der Waals surface area contributed by atoms with Crippen LogP contribution in [0.2, 0.25) is 0 Å². The van der Waals surface area contributed by atoms with Gasteiger partial charge in [0.05, 0.1) is 15.9 Å². The molecule has 0 unspecified atom stereocenters. The van der Waals surface area contributed by atoms with Crippen molar-refractivity contribution in [3.8, 4) is 0 Å². The molecule has 2 N–H and O–H groups in total. The zero-order chi connectivity index (χ0) is 20.5. The van der Waals surface area contributed by atoms with E-state index >= 15 is 0 Å². The Kier molecular flexibility index (Phi) is 6.25. The summed E-state index contributed by atoms with van der Waals surface area (Å²) in [6.07, 6.45) is 5.48. The van der Waals surface area contributed by atoms with Crippen molar-refractivity contribution in [3.63, 3.8) is 0 Å². The van der Waals surface area contributed by atoms with Crippen LogP contribution in [0.25, 0.3) is 10.2 Å². The molecular weight excluding hydrogens is 374 g/mol. The van der Waals surface area contributed by atoms with Crippen LogP contribution in [0.15, 0.2) is 4.79 Å². The van der Waals surface area contributed by atoms with Crippen molar-refractivity contribution in [2.24, 2.45) is 5.92 Å². The van der Waals surface area contributed by atoms with E-state index in [9.17, 15) is 14.7 Å². The standard InChI is InChI=1S/C21H31N3O3S/c1-13(2)9-10-21(4,27)12-22-18(25)17-14(3)16-19(28-17)23-15-8-6-5-7-11-24(15)20(16)26/h13,27H,5-12H2,1-4H3,(H,22,25)/t21-/m1/s1. The summed E-state index contributed by atoms with van der Waals surface area (Å²) in [5, 5.41) is 13.9. The first-order valence-corrected chi connectivity index (χ1v) is 11.0. The maximum absolute atomic E-state index is 13.0. The first-order valence-electron chi connectivity index (χ1n) is 10.2. The van der Waals surface area contributed by atoms with E-state index in [1.54, 1.807) is 11.5 Å². The highest BCUT2D eigenvalue weighted by molar-refractivity contribution is 7.20. The molecule has 1 amide bonds. The Morgan fingerprint density at radius 2 is 2.11 bits per heavy atom. The van der Waals surface area contributed by atoms with Gasteiger partial charge in [-0.15, -0.1) is 11.3 Å². The summed E-state index contributed by atoms with van der Waals surface area (Å²) in [7, 11) is 0. The summed E-state index contributed by atoms with van der Waals surface area (Å²) in [5.74, 6) is 1.09. The number of aromatic nitrogens is 2. The van der Waals surface area contributed by atoms with Crippen LogP contribution < -0.4 is 10.9 Å². The fourth-order valence-electron chi connectivity index (χ4n) is 3.67. The van der Waals surface area contributed by atoms with Crippen LogP contribution in [0.3, 0.4) is 0 Å². The summed E-state index contributed by atoms with van der Waals surface area (Å²) >= 11 is 1.28. The van der Waals surface area contributed by atoms with Crippen LogP contribution >= 0.6 is 11.3 Å². The molecule has 0 bridgehead atoms. The van der Waals surface area contributed by atoms with Gasteiger partial charge in [-0.3, -0.25) is 14.2 Å². The van der Waals surface area contributed by atoms with Crippen LogP contribution in [0, 0.1) is 12.8 Å². The van der Waals surface area contributed by atoms with Crippen molar-refractivity contribution in [1.29, 1.82) is 0 Å². The highest BCUT2D eigenvalue weighted by Crippen LogP contribution is 2.28. The lowest BCUT2D eigenvalue weighted by atomic mass is 9.95. The second-order valence-corrected chi connectivity index (χ2v) is 9.64. The van der Waals surface area contributed by atoms with Crippen molar-refractivity contribution >= 4 is 27.5 Å². The van der Waals surface area contributed by atoms with E-state index in [4.69, 9.17) is 4.98 Å². The van der Waals surface area contributed by atoms with Gasteiger partial charge in [-0.25, -0.2) is 4.98 Å². The minimum atomic E-state index is -0.945. The van der Waals surface area contributed by atoms with E-state index in [1.807, 2.05) is 6.92 Å². The zero-order valence-electron chi connectivity index (χ0n) is 17.3. The fraction of sp³-hybridized carbons (Fsp3) is 0.667. The Morgan fingerprint density at radius 1 is 1.36 bits per heavy atom. The minimum Gasteiger partial charge on any atom is -0.388 e. The van der Waals surface area contributed by atoms with Gasteiger partial charge in [-0.2, -0.15) is 0 Å². The average Bonchev–Trinajstić information content (AvgIpc) is 2.80. The maximum atomic E-state index is 13.0. The van der Waals surface area contributed by atoms with Crippen LogP contribution in [0.4, 0.5) is 0 Å². The monoisotopic (exact) mass is 405 g/mol. The number of rotatable bonds is 6. The molecule has 28 heavy (non-hydrogen) atoms. The summed E-state index contributed by atoms with van der Waals surface area (Å²) in [6.45, 7) is 8.68. The number of hydrogen-bond acceptors (Lipinski definition) is 5. The summed E-state index contributed by atoms with van der Waals surface area (Å²) in [6, 6.07) is 0. The number of thiophene rings is 1. The Labute approximate surface area is 170 Å². The molecule has 0 fully saturated rings. The predicted octanol–water partition coefficient (Wildman–Crippen LogP) is 3.41. The smallest absolute Gasteiger partial charge is 0.262 e. The highest BCUT2D eigenvalue weighted by Gasteiger charge is 2.25. The van der Waals surface area contributed by atoms with Gasteiger partial charge in [-0.1, -0.05) is 20.3 Å². The van der Waals surface area contributed by atoms with E-state index < -0.39 is 5.60 Å². The molecule has 0 aromatic carbocycles. The van der Waals surface area contributed by atoms with Crippen LogP contribution in [-0.4, -0.2) is 32.7 Å². The molecule has 1 aliphatic heterocycles. The van der Waals surface area contributed by atoms with Crippen LogP contribution in [-0.2, 0) is 13.0 Å². The third-order valence-corrected chi connectivity index (χ3v) is 6.69. The third kappa shape index (κ3) is 4.46. The summed E-state index contributed by atoms with van der Waals surface area (Å²) in [4.78, 5) is 31.6. The summed E-state index contributed by atoms with van der Waals surface area (Å²) < 4.78 is 1.79. The van der Waals surface area contributed by atoms with Crippen molar-refractivity contribution < 1.29 is 9.90 Å². The maximum Gasteiger partial charge on any atom is 0.262 e. The Hall–Kier alpha value is -1.73. The first-order chi connectivity index (χ1) is 13.2. The van der Waals surface area contributed by atoms with E-state index in [0.29, 0.717) is 39.5 Å². The molecule has 2 aromatic rings. The number of nitrogens with one attached hydrogen (secondary N) is 1. The Balaban J connectivity index is 1.83. The van der Waals surface area contributed by atoms with Crippen molar-refractivity contribution in [3.05, 3.63) is 26.6 Å². The van der Waals surface area contributed by atoms with Gasteiger partial charge in [0, 0.05) is 19.5 Å². The number of nitrogens with zero attached hydrogens (tertiary/aromatic N) is 2. The Bertz CT molecular complexity index is 927. The number of hydrogen-bond donors (Lipinski definition) is 2. The van der Waals surface area contributed by atoms with Gasteiger partial charge >= 0.3 is 0 Å². The number of carbonyl (C=O) groups excluding carboxylic acids is 1. The zero-order valence-corrected chi connectivity index (χ0v) is 18.1. The van der Waals surface area contributed by atoms with Gasteiger partial charge in [0.1, 0.15) is 10.7 Å². The highest BCUT2D eigenvalue weighted by atomic mass is 32.1. The van der Waals surface area contributed by atoms with Gasteiger partial charge in [-0.05, 0) is 51.0 Å². The fourth-order valence-corrected chi connectivity index (χ4v) is 4.77. The SMILES string of the molecule is Cc1c(C(=O)NC[C@](C)(O)CCC(C)C)sc2nc3n(c(=O)c12)CCCCC3. The molecule has 0 radical (unpaired) electrons. The third-order valence-electron chi connectivity index (χ3n) is 5.51. The first kappa shape index (κ1) is 21.0. The lowest BCUT2D eigenvalue weighted by Gasteiger charge is -2.24. The van der Waals surface area contributed by atoms with Crippen molar-refractivity contribution in [2.45, 2.75) is 78.4 Å². The lowest BCUT2D eigenvalue weighted by Crippen LogP contribution is -2.40. The minimum absolute atomic E-state index is 0.0290. The molecule has 1 atom stereocenters. The molecule has 3 heterocycles. The van der Waals surface area contributed by atoms with Gasteiger partial charge in [0.25, 0.3) is 11.5 Å². The number of fused-ring (bicyclic) bond motifs is 2. The molecule has 0 saturated carbocycles. The van der Waals surface area contributed by atoms with Crippen LogP contribution in [0.5, 0.6) is 0 Å². The van der Waals surface area contributed by atoms with Crippen molar-refractivity contribution in [1.82, 2.24) is 14.9 Å². The van der Waals surface area contributed by atoms with Crippen molar-refractivity contribution in [2.75, 3.05) is 6.54 Å². The largest absolute Gasteiger partial charge is 0.388 e. The van der Waals surface area contributed by atoms with Gasteiger partial charge in [0.2, 0.25) is 0 Å². The van der Waals surface area contributed by atoms with Gasteiger partial charge < -0.3 is 10.4 Å². The van der Waals surface area contributed by atoms with E-state index in [-0.39, 0.29) is 18.0 Å². The lowest BCUT2D eigenvalue weighted by molar-refractivity contribution is 0.0430. The van der Waals surface area contributed by atoms with Crippen LogP contribution in [0.1, 0.15) is 73.9 Å². The number of aryl methyl sites for hydroxylation is 2. The molecule has 0 saturated heterocycles.